The van der Waals surface area contributed by atoms with Crippen molar-refractivity contribution >= 4 is 6.09 Å². The van der Waals surface area contributed by atoms with Crippen LogP contribution in [0, 0.1) is 0 Å². The molecular weight excluding hydrogens is 254 g/mol. The second kappa shape index (κ2) is 5.83. The number of carbonyl (C=O) groups is 1. The van der Waals surface area contributed by atoms with Crippen molar-refractivity contribution in [1.29, 1.82) is 0 Å². The van der Waals surface area contributed by atoms with Gasteiger partial charge in [0.15, 0.2) is 0 Å². The first-order valence-corrected chi connectivity index (χ1v) is 7.09. The number of ether oxygens (including phenoxy) is 1. The minimum atomic E-state index is -0.527. The van der Waals surface area contributed by atoms with E-state index in [0.717, 1.165) is 12.0 Å². The van der Waals surface area contributed by atoms with E-state index in [0.29, 0.717) is 13.0 Å². The lowest BCUT2D eigenvalue weighted by Gasteiger charge is -2.38. The van der Waals surface area contributed by atoms with Crippen LogP contribution in [0.15, 0.2) is 30.3 Å². The van der Waals surface area contributed by atoms with Gasteiger partial charge < -0.3 is 9.84 Å². The highest BCUT2D eigenvalue weighted by atomic mass is 16.6. The molecule has 1 heterocycles. The molecular formula is C16H23NO3. The number of likely N-dealkylation sites (tertiary alicyclic amines) is 1. The average molecular weight is 277 g/mol. The Morgan fingerprint density at radius 1 is 1.25 bits per heavy atom. The summed E-state index contributed by atoms with van der Waals surface area (Å²) in [6, 6.07) is 9.90. The maximum atomic E-state index is 12.3. The van der Waals surface area contributed by atoms with Crippen LogP contribution < -0.4 is 0 Å². The van der Waals surface area contributed by atoms with E-state index < -0.39 is 11.7 Å². The number of benzene rings is 1. The number of aliphatic hydroxyl groups is 1. The molecule has 0 spiro atoms. The fraction of sp³-hybridized carbons (Fsp3) is 0.562. The number of aliphatic hydroxyl groups excluding tert-OH is 1. The zero-order valence-corrected chi connectivity index (χ0v) is 12.4. The standard InChI is InChI=1S/C16H23NO3/c1-16(2,3)20-15(19)17-11-13(18)9-10-14(17)12-7-5-4-6-8-12/h4-8,13-14,18H,9-11H2,1-3H3/t13-,14+/m0/s1. The Labute approximate surface area is 120 Å². The number of carbonyl (C=O) groups excluding carboxylic acids is 1. The van der Waals surface area contributed by atoms with Crippen LogP contribution in [-0.2, 0) is 4.74 Å². The summed E-state index contributed by atoms with van der Waals surface area (Å²) in [5.41, 5.74) is 0.561. The molecule has 0 aliphatic carbocycles. The molecule has 1 aliphatic rings. The van der Waals surface area contributed by atoms with E-state index in [1.807, 2.05) is 51.1 Å². The van der Waals surface area contributed by atoms with Crippen LogP contribution in [0.2, 0.25) is 0 Å². The zero-order chi connectivity index (χ0) is 14.8. The molecule has 4 heteroatoms. The van der Waals surface area contributed by atoms with Gasteiger partial charge in [0.1, 0.15) is 5.60 Å². The third-order valence-corrected chi connectivity index (χ3v) is 3.37. The summed E-state index contributed by atoms with van der Waals surface area (Å²) in [5, 5.41) is 9.84. The second-order valence-corrected chi connectivity index (χ2v) is 6.29. The highest BCUT2D eigenvalue weighted by Crippen LogP contribution is 2.32. The van der Waals surface area contributed by atoms with Crippen LogP contribution in [0.3, 0.4) is 0 Å². The minimum Gasteiger partial charge on any atom is -0.444 e. The van der Waals surface area contributed by atoms with Crippen molar-refractivity contribution in [3.8, 4) is 0 Å². The van der Waals surface area contributed by atoms with E-state index in [4.69, 9.17) is 4.74 Å². The van der Waals surface area contributed by atoms with Gasteiger partial charge in [-0.3, -0.25) is 4.90 Å². The molecule has 1 fully saturated rings. The number of hydrogen-bond acceptors (Lipinski definition) is 3. The third kappa shape index (κ3) is 3.73. The van der Waals surface area contributed by atoms with E-state index in [9.17, 15) is 9.90 Å². The van der Waals surface area contributed by atoms with Gasteiger partial charge in [0.25, 0.3) is 0 Å². The number of hydrogen-bond donors (Lipinski definition) is 1. The lowest BCUT2D eigenvalue weighted by Crippen LogP contribution is -2.46. The summed E-state index contributed by atoms with van der Waals surface area (Å²) < 4.78 is 5.45. The highest BCUT2D eigenvalue weighted by molar-refractivity contribution is 5.69. The fourth-order valence-electron chi connectivity index (χ4n) is 2.50. The largest absolute Gasteiger partial charge is 0.444 e. The molecule has 0 unspecified atom stereocenters. The van der Waals surface area contributed by atoms with Gasteiger partial charge in [-0.25, -0.2) is 4.79 Å². The minimum absolute atomic E-state index is 0.0190. The number of rotatable bonds is 1. The average Bonchev–Trinajstić information content (AvgIpc) is 2.37. The Hall–Kier alpha value is -1.55. The molecule has 0 aromatic heterocycles. The van der Waals surface area contributed by atoms with Crippen LogP contribution in [0.1, 0.15) is 45.2 Å². The van der Waals surface area contributed by atoms with Gasteiger partial charge in [-0.05, 0) is 39.2 Å². The molecule has 1 saturated heterocycles. The molecule has 20 heavy (non-hydrogen) atoms. The first kappa shape index (κ1) is 14.9. The predicted octanol–water partition coefficient (Wildman–Crippen LogP) is 3.12. The van der Waals surface area contributed by atoms with Crippen LogP contribution in [0.25, 0.3) is 0 Å². The van der Waals surface area contributed by atoms with Crippen molar-refractivity contribution in [1.82, 2.24) is 4.90 Å². The topological polar surface area (TPSA) is 49.8 Å². The van der Waals surface area contributed by atoms with Gasteiger partial charge in [-0.15, -0.1) is 0 Å². The van der Waals surface area contributed by atoms with E-state index in [1.165, 1.54) is 0 Å². The van der Waals surface area contributed by atoms with Crippen LogP contribution in [-0.4, -0.2) is 34.3 Å². The Kier molecular flexibility index (Phi) is 4.33. The van der Waals surface area contributed by atoms with E-state index in [1.54, 1.807) is 4.90 Å². The Morgan fingerprint density at radius 2 is 1.90 bits per heavy atom. The van der Waals surface area contributed by atoms with Crippen LogP contribution in [0.4, 0.5) is 4.79 Å². The second-order valence-electron chi connectivity index (χ2n) is 6.29. The van der Waals surface area contributed by atoms with Crippen molar-refractivity contribution < 1.29 is 14.6 Å². The molecule has 1 aromatic carbocycles. The summed E-state index contributed by atoms with van der Waals surface area (Å²) in [4.78, 5) is 14.0. The first-order valence-electron chi connectivity index (χ1n) is 7.09. The number of amides is 1. The van der Waals surface area contributed by atoms with Gasteiger partial charge in [0.2, 0.25) is 0 Å². The Bertz CT molecular complexity index is 453. The molecule has 4 nitrogen and oxygen atoms in total. The molecule has 110 valence electrons. The molecule has 0 radical (unpaired) electrons. The van der Waals surface area contributed by atoms with Crippen LogP contribution in [0.5, 0.6) is 0 Å². The molecule has 1 aliphatic heterocycles. The fourth-order valence-corrected chi connectivity index (χ4v) is 2.50. The summed E-state index contributed by atoms with van der Waals surface area (Å²) in [6.07, 6.45) is 0.635. The molecule has 1 N–H and O–H groups in total. The van der Waals surface area contributed by atoms with E-state index in [-0.39, 0.29) is 12.1 Å². The van der Waals surface area contributed by atoms with Crippen molar-refractivity contribution in [3.63, 3.8) is 0 Å². The normalized spacial score (nSPS) is 23.5. The van der Waals surface area contributed by atoms with Gasteiger partial charge in [0, 0.05) is 0 Å². The maximum Gasteiger partial charge on any atom is 0.410 e. The van der Waals surface area contributed by atoms with Crippen molar-refractivity contribution in [2.75, 3.05) is 6.54 Å². The van der Waals surface area contributed by atoms with E-state index >= 15 is 0 Å². The molecule has 0 bridgehead atoms. The number of β-amino-alcohol motifs (C(OH)–C–C–N with tert-alkyl or cyclic N) is 1. The number of nitrogens with zero attached hydrogens (tertiary/aromatic N) is 1. The van der Waals surface area contributed by atoms with Gasteiger partial charge >= 0.3 is 6.09 Å². The smallest absolute Gasteiger partial charge is 0.410 e. The Morgan fingerprint density at radius 3 is 2.50 bits per heavy atom. The van der Waals surface area contributed by atoms with Crippen LogP contribution >= 0.6 is 0 Å². The molecule has 1 aromatic rings. The molecule has 0 saturated carbocycles. The monoisotopic (exact) mass is 277 g/mol. The summed E-state index contributed by atoms with van der Waals surface area (Å²) in [5.74, 6) is 0. The number of piperidine rings is 1. The molecule has 2 atom stereocenters. The highest BCUT2D eigenvalue weighted by Gasteiger charge is 2.34. The SMILES string of the molecule is CC(C)(C)OC(=O)N1C[C@@H](O)CC[C@@H]1c1ccccc1. The van der Waals surface area contributed by atoms with Crippen molar-refractivity contribution in [2.24, 2.45) is 0 Å². The summed E-state index contributed by atoms with van der Waals surface area (Å²) in [7, 11) is 0. The first-order chi connectivity index (χ1) is 9.37. The quantitative estimate of drug-likeness (QED) is 0.858. The lowest BCUT2D eigenvalue weighted by molar-refractivity contribution is -0.0134. The molecule has 1 amide bonds. The van der Waals surface area contributed by atoms with Gasteiger partial charge in [-0.2, -0.15) is 0 Å². The summed E-state index contributed by atoms with van der Waals surface area (Å²) >= 11 is 0. The van der Waals surface area contributed by atoms with E-state index in [2.05, 4.69) is 0 Å². The molecule has 2 rings (SSSR count). The summed E-state index contributed by atoms with van der Waals surface area (Å²) in [6.45, 7) is 5.88. The van der Waals surface area contributed by atoms with Gasteiger partial charge in [-0.1, -0.05) is 30.3 Å². The third-order valence-electron chi connectivity index (χ3n) is 3.37. The van der Waals surface area contributed by atoms with Crippen molar-refractivity contribution in [3.05, 3.63) is 35.9 Å². The lowest BCUT2D eigenvalue weighted by atomic mass is 9.94. The Balaban J connectivity index is 2.19. The predicted molar refractivity (Wildman–Crippen MR) is 77.4 cm³/mol. The maximum absolute atomic E-state index is 12.3. The van der Waals surface area contributed by atoms with Crippen molar-refractivity contribution in [2.45, 2.75) is 51.4 Å². The zero-order valence-electron chi connectivity index (χ0n) is 12.4. The van der Waals surface area contributed by atoms with Gasteiger partial charge in [0.05, 0.1) is 18.7 Å².